The van der Waals surface area contributed by atoms with Crippen LogP contribution in [-0.2, 0) is 11.3 Å². The summed E-state index contributed by atoms with van der Waals surface area (Å²) in [6.07, 6.45) is 0. The van der Waals surface area contributed by atoms with E-state index in [-0.39, 0.29) is 12.5 Å². The van der Waals surface area contributed by atoms with Crippen LogP contribution >= 0.6 is 22.9 Å². The number of carbonyl (C=O) groups is 2. The van der Waals surface area contributed by atoms with Crippen LogP contribution in [0.25, 0.3) is 0 Å². The molecule has 0 atom stereocenters. The van der Waals surface area contributed by atoms with Gasteiger partial charge in [-0.1, -0.05) is 23.7 Å². The fourth-order valence-electron chi connectivity index (χ4n) is 1.87. The van der Waals surface area contributed by atoms with E-state index in [1.54, 1.807) is 42.3 Å². The molecule has 0 spiro atoms. The number of amides is 2. The van der Waals surface area contributed by atoms with E-state index >= 15 is 0 Å². The van der Waals surface area contributed by atoms with Crippen LogP contribution in [0.3, 0.4) is 0 Å². The van der Waals surface area contributed by atoms with Gasteiger partial charge in [-0.15, -0.1) is 11.3 Å². The molecule has 2 aromatic rings. The van der Waals surface area contributed by atoms with Crippen molar-refractivity contribution in [1.82, 2.24) is 4.90 Å². The zero-order valence-electron chi connectivity index (χ0n) is 11.9. The third-order valence-corrected chi connectivity index (χ3v) is 4.07. The summed E-state index contributed by atoms with van der Waals surface area (Å²) in [4.78, 5) is 25.9. The third kappa shape index (κ3) is 4.22. The molecule has 0 saturated carbocycles. The van der Waals surface area contributed by atoms with Crippen LogP contribution in [0.2, 0.25) is 4.34 Å². The molecule has 2 amide bonds. The van der Waals surface area contributed by atoms with Crippen LogP contribution in [0.5, 0.6) is 5.75 Å². The number of halogens is 1. The van der Waals surface area contributed by atoms with Crippen molar-refractivity contribution in [2.75, 3.05) is 13.7 Å². The predicted octanol–water partition coefficient (Wildman–Crippen LogP) is 2.54. The van der Waals surface area contributed by atoms with Gasteiger partial charge in [0, 0.05) is 11.9 Å². The molecule has 0 saturated heterocycles. The molecule has 1 aromatic heterocycles. The van der Waals surface area contributed by atoms with Gasteiger partial charge in [-0.05, 0) is 24.3 Å². The van der Waals surface area contributed by atoms with Crippen molar-refractivity contribution in [3.8, 4) is 5.75 Å². The molecule has 1 aromatic carbocycles. The Bertz CT molecular complexity index is 687. The monoisotopic (exact) mass is 338 g/mol. The van der Waals surface area contributed by atoms with E-state index < -0.39 is 5.91 Å². The van der Waals surface area contributed by atoms with Crippen molar-refractivity contribution in [3.63, 3.8) is 0 Å². The zero-order chi connectivity index (χ0) is 16.1. The Morgan fingerprint density at radius 1 is 1.27 bits per heavy atom. The third-order valence-electron chi connectivity index (χ3n) is 2.86. The van der Waals surface area contributed by atoms with E-state index in [1.807, 2.05) is 6.07 Å². The number of hydrogen-bond acceptors (Lipinski definition) is 4. The summed E-state index contributed by atoms with van der Waals surface area (Å²) in [7, 11) is 1.70. The predicted molar refractivity (Wildman–Crippen MR) is 86.3 cm³/mol. The number of nitrogens with zero attached hydrogens (tertiary/aromatic N) is 1. The molecule has 5 nitrogen and oxygen atoms in total. The SMILES string of the molecule is CN(Cc1ccc(Cl)s1)C(=O)c1ccccc1OCC(N)=O. The van der Waals surface area contributed by atoms with Gasteiger partial charge in [0.25, 0.3) is 11.8 Å². The summed E-state index contributed by atoms with van der Waals surface area (Å²) in [6.45, 7) is 0.176. The van der Waals surface area contributed by atoms with E-state index in [0.29, 0.717) is 22.2 Å². The summed E-state index contributed by atoms with van der Waals surface area (Å²) in [5.41, 5.74) is 5.44. The van der Waals surface area contributed by atoms with Gasteiger partial charge < -0.3 is 15.4 Å². The lowest BCUT2D eigenvalue weighted by Crippen LogP contribution is -2.27. The maximum absolute atomic E-state index is 12.5. The highest BCUT2D eigenvalue weighted by Gasteiger charge is 2.17. The molecule has 2 N–H and O–H groups in total. The van der Waals surface area contributed by atoms with Crippen LogP contribution in [0.4, 0.5) is 0 Å². The molecule has 0 fully saturated rings. The van der Waals surface area contributed by atoms with E-state index in [1.165, 1.54) is 11.3 Å². The lowest BCUT2D eigenvalue weighted by atomic mass is 10.1. The summed E-state index contributed by atoms with van der Waals surface area (Å²) in [5.74, 6) is -0.462. The van der Waals surface area contributed by atoms with Crippen LogP contribution in [0, 0.1) is 0 Å². The highest BCUT2D eigenvalue weighted by Crippen LogP contribution is 2.24. The molecule has 0 aliphatic rings. The normalized spacial score (nSPS) is 10.3. The second-order valence-electron chi connectivity index (χ2n) is 4.62. The van der Waals surface area contributed by atoms with Gasteiger partial charge in [0.1, 0.15) is 5.75 Å². The fraction of sp³-hybridized carbons (Fsp3) is 0.200. The summed E-state index contributed by atoms with van der Waals surface area (Å²) in [5, 5.41) is 0. The van der Waals surface area contributed by atoms with Gasteiger partial charge in [-0.25, -0.2) is 0 Å². The Labute approximate surface area is 137 Å². The first-order chi connectivity index (χ1) is 10.5. The Hall–Kier alpha value is -2.05. The van der Waals surface area contributed by atoms with Crippen LogP contribution < -0.4 is 10.5 Å². The lowest BCUT2D eigenvalue weighted by Gasteiger charge is -2.18. The molecule has 0 aliphatic heterocycles. The number of thiophene rings is 1. The average Bonchev–Trinajstić information content (AvgIpc) is 2.89. The summed E-state index contributed by atoms with van der Waals surface area (Å²) < 4.78 is 5.97. The van der Waals surface area contributed by atoms with Crippen molar-refractivity contribution in [3.05, 3.63) is 51.2 Å². The van der Waals surface area contributed by atoms with E-state index in [9.17, 15) is 9.59 Å². The molecule has 0 bridgehead atoms. The molecule has 0 unspecified atom stereocenters. The molecule has 7 heteroatoms. The van der Waals surface area contributed by atoms with E-state index in [4.69, 9.17) is 22.1 Å². The second-order valence-corrected chi connectivity index (χ2v) is 6.42. The first-order valence-corrected chi connectivity index (χ1v) is 7.66. The van der Waals surface area contributed by atoms with Gasteiger partial charge in [0.05, 0.1) is 16.4 Å². The number of nitrogens with two attached hydrogens (primary N) is 1. The second kappa shape index (κ2) is 7.29. The first kappa shape index (κ1) is 16.3. The quantitative estimate of drug-likeness (QED) is 0.879. The highest BCUT2D eigenvalue weighted by atomic mass is 35.5. The first-order valence-electron chi connectivity index (χ1n) is 6.47. The molecular weight excluding hydrogens is 324 g/mol. The Balaban J connectivity index is 2.12. The van der Waals surface area contributed by atoms with Crippen LogP contribution in [0.1, 0.15) is 15.2 Å². The maximum atomic E-state index is 12.5. The van der Waals surface area contributed by atoms with Gasteiger partial charge in [-0.2, -0.15) is 0 Å². The van der Waals surface area contributed by atoms with Crippen molar-refractivity contribution in [2.24, 2.45) is 5.73 Å². The minimum atomic E-state index is -0.594. The van der Waals surface area contributed by atoms with Crippen molar-refractivity contribution in [2.45, 2.75) is 6.54 Å². The molecular formula is C15H15ClN2O3S. The largest absolute Gasteiger partial charge is 0.483 e. The minimum Gasteiger partial charge on any atom is -0.483 e. The van der Waals surface area contributed by atoms with Gasteiger partial charge in [0.15, 0.2) is 6.61 Å². The minimum absolute atomic E-state index is 0.204. The van der Waals surface area contributed by atoms with Crippen molar-refractivity contribution < 1.29 is 14.3 Å². The van der Waals surface area contributed by atoms with Crippen molar-refractivity contribution >= 4 is 34.8 Å². The maximum Gasteiger partial charge on any atom is 0.257 e. The number of para-hydroxylation sites is 1. The standard InChI is InChI=1S/C15H15ClN2O3S/c1-18(8-10-6-7-13(16)22-10)15(20)11-4-2-3-5-12(11)21-9-14(17)19/h2-7H,8-9H2,1H3,(H2,17,19). The summed E-state index contributed by atoms with van der Waals surface area (Å²) in [6, 6.07) is 10.4. The number of primary amides is 1. The van der Waals surface area contributed by atoms with Crippen LogP contribution in [0.15, 0.2) is 36.4 Å². The topological polar surface area (TPSA) is 72.6 Å². The summed E-state index contributed by atoms with van der Waals surface area (Å²) >= 11 is 7.31. The van der Waals surface area contributed by atoms with E-state index in [0.717, 1.165) is 4.88 Å². The number of rotatable bonds is 6. The van der Waals surface area contributed by atoms with Gasteiger partial charge in [0.2, 0.25) is 0 Å². The molecule has 1 heterocycles. The number of carbonyl (C=O) groups excluding carboxylic acids is 2. The Kier molecular flexibility index (Phi) is 5.41. The van der Waals surface area contributed by atoms with E-state index in [2.05, 4.69) is 0 Å². The lowest BCUT2D eigenvalue weighted by molar-refractivity contribution is -0.119. The molecule has 22 heavy (non-hydrogen) atoms. The van der Waals surface area contributed by atoms with Gasteiger partial charge >= 0.3 is 0 Å². The average molecular weight is 339 g/mol. The molecule has 116 valence electrons. The Morgan fingerprint density at radius 3 is 2.64 bits per heavy atom. The van der Waals surface area contributed by atoms with Crippen molar-refractivity contribution in [1.29, 1.82) is 0 Å². The fourth-order valence-corrected chi connectivity index (χ4v) is 3.01. The van der Waals surface area contributed by atoms with Crippen LogP contribution in [-0.4, -0.2) is 30.4 Å². The number of benzene rings is 1. The number of hydrogen-bond donors (Lipinski definition) is 1. The van der Waals surface area contributed by atoms with Gasteiger partial charge in [-0.3, -0.25) is 9.59 Å². The Morgan fingerprint density at radius 2 is 2.00 bits per heavy atom. The highest BCUT2D eigenvalue weighted by molar-refractivity contribution is 7.16. The zero-order valence-corrected chi connectivity index (χ0v) is 13.5. The molecule has 0 radical (unpaired) electrons. The number of ether oxygens (including phenoxy) is 1. The molecule has 2 rings (SSSR count). The smallest absolute Gasteiger partial charge is 0.257 e. The molecule has 0 aliphatic carbocycles.